The van der Waals surface area contributed by atoms with Crippen LogP contribution in [0.3, 0.4) is 0 Å². The lowest BCUT2D eigenvalue weighted by Crippen LogP contribution is -2.23. The number of hydrogen-bond acceptors (Lipinski definition) is 5. The predicted octanol–water partition coefficient (Wildman–Crippen LogP) is 4.12. The smallest absolute Gasteiger partial charge is 0.237 e. The molecule has 0 bridgehead atoms. The van der Waals surface area contributed by atoms with Crippen molar-refractivity contribution < 1.29 is 9.21 Å². The van der Waals surface area contributed by atoms with Crippen molar-refractivity contribution in [2.75, 3.05) is 5.32 Å². The second-order valence-electron chi connectivity index (χ2n) is 6.27. The monoisotopic (exact) mass is 370 g/mol. The van der Waals surface area contributed by atoms with Crippen molar-refractivity contribution in [3.05, 3.63) is 47.4 Å². The van der Waals surface area contributed by atoms with Crippen LogP contribution >= 0.6 is 11.8 Å². The summed E-state index contributed by atoms with van der Waals surface area (Å²) in [5, 5.41) is 11.9. The molecule has 136 valence electrons. The van der Waals surface area contributed by atoms with Gasteiger partial charge in [-0.2, -0.15) is 0 Å². The molecule has 0 aliphatic carbocycles. The minimum absolute atomic E-state index is 0.0589. The van der Waals surface area contributed by atoms with Gasteiger partial charge in [0.25, 0.3) is 0 Å². The number of para-hydroxylation sites is 1. The fourth-order valence-corrected chi connectivity index (χ4v) is 3.53. The van der Waals surface area contributed by atoms with E-state index in [9.17, 15) is 4.79 Å². The van der Waals surface area contributed by atoms with Gasteiger partial charge in [-0.25, -0.2) is 0 Å². The molecule has 6 nitrogen and oxygen atoms in total. The van der Waals surface area contributed by atoms with Crippen LogP contribution in [0.1, 0.15) is 23.8 Å². The van der Waals surface area contributed by atoms with E-state index in [0.717, 1.165) is 34.0 Å². The fourth-order valence-electron chi connectivity index (χ4n) is 2.72. The van der Waals surface area contributed by atoms with Crippen LogP contribution in [-0.4, -0.2) is 25.9 Å². The third kappa shape index (κ3) is 3.53. The van der Waals surface area contributed by atoms with E-state index in [2.05, 4.69) is 15.5 Å². The number of rotatable bonds is 5. The van der Waals surface area contributed by atoms with Crippen molar-refractivity contribution in [3.8, 4) is 11.4 Å². The van der Waals surface area contributed by atoms with Crippen molar-refractivity contribution >= 4 is 23.4 Å². The van der Waals surface area contributed by atoms with E-state index >= 15 is 0 Å². The molecular formula is C19H22N4O2S. The van der Waals surface area contributed by atoms with Crippen LogP contribution in [0.25, 0.3) is 11.4 Å². The molecule has 7 heteroatoms. The number of thioether (sulfide) groups is 1. The summed E-state index contributed by atoms with van der Waals surface area (Å²) in [6, 6.07) is 7.83. The second kappa shape index (κ2) is 7.37. The van der Waals surface area contributed by atoms with Crippen molar-refractivity contribution in [1.82, 2.24) is 14.8 Å². The molecule has 0 aliphatic rings. The van der Waals surface area contributed by atoms with E-state index in [1.54, 1.807) is 6.26 Å². The quantitative estimate of drug-likeness (QED) is 0.684. The minimum atomic E-state index is -0.310. The van der Waals surface area contributed by atoms with E-state index < -0.39 is 0 Å². The number of amides is 1. The Kier molecular flexibility index (Phi) is 5.18. The van der Waals surface area contributed by atoms with Gasteiger partial charge in [-0.05, 0) is 44.9 Å². The van der Waals surface area contributed by atoms with Crippen LogP contribution in [0.5, 0.6) is 0 Å². The molecule has 26 heavy (non-hydrogen) atoms. The summed E-state index contributed by atoms with van der Waals surface area (Å²) in [6.07, 6.45) is 1.63. The number of nitrogens with one attached hydrogen (secondary N) is 1. The molecule has 3 aromatic rings. The Morgan fingerprint density at radius 1 is 1.19 bits per heavy atom. The van der Waals surface area contributed by atoms with E-state index in [1.807, 2.05) is 63.6 Å². The van der Waals surface area contributed by atoms with Crippen LogP contribution in [-0.2, 0) is 11.8 Å². The van der Waals surface area contributed by atoms with Gasteiger partial charge in [0.2, 0.25) is 5.91 Å². The van der Waals surface area contributed by atoms with Gasteiger partial charge < -0.3 is 14.3 Å². The van der Waals surface area contributed by atoms with Crippen LogP contribution in [0.4, 0.5) is 5.69 Å². The Morgan fingerprint density at radius 3 is 2.50 bits per heavy atom. The number of furan rings is 1. The summed E-state index contributed by atoms with van der Waals surface area (Å²) in [5.74, 6) is 1.45. The largest absolute Gasteiger partial charge is 0.469 e. The van der Waals surface area contributed by atoms with Crippen LogP contribution in [0, 0.1) is 20.8 Å². The summed E-state index contributed by atoms with van der Waals surface area (Å²) >= 11 is 1.38. The van der Waals surface area contributed by atoms with Gasteiger partial charge in [-0.3, -0.25) is 4.79 Å². The maximum Gasteiger partial charge on any atom is 0.237 e. The lowest BCUT2D eigenvalue weighted by atomic mass is 10.1. The Balaban J connectivity index is 1.74. The van der Waals surface area contributed by atoms with E-state index in [-0.39, 0.29) is 11.2 Å². The molecule has 1 atom stereocenters. The van der Waals surface area contributed by atoms with Crippen molar-refractivity contribution in [2.24, 2.45) is 7.05 Å². The van der Waals surface area contributed by atoms with Gasteiger partial charge in [0.15, 0.2) is 11.0 Å². The minimum Gasteiger partial charge on any atom is -0.469 e. The number of aromatic nitrogens is 3. The molecule has 1 aromatic carbocycles. The molecule has 3 rings (SSSR count). The molecule has 0 saturated heterocycles. The molecule has 0 aliphatic heterocycles. The first-order valence-corrected chi connectivity index (χ1v) is 9.24. The third-order valence-corrected chi connectivity index (χ3v) is 5.45. The first kappa shape index (κ1) is 18.3. The first-order chi connectivity index (χ1) is 12.4. The highest BCUT2D eigenvalue weighted by molar-refractivity contribution is 8.00. The highest BCUT2D eigenvalue weighted by atomic mass is 32.2. The van der Waals surface area contributed by atoms with Crippen LogP contribution < -0.4 is 5.32 Å². The summed E-state index contributed by atoms with van der Waals surface area (Å²) in [5.41, 5.74) is 3.87. The van der Waals surface area contributed by atoms with Crippen LogP contribution in [0.2, 0.25) is 0 Å². The third-order valence-electron chi connectivity index (χ3n) is 4.32. The average Bonchev–Trinajstić information content (AvgIpc) is 3.17. The Morgan fingerprint density at radius 2 is 1.88 bits per heavy atom. The summed E-state index contributed by atoms with van der Waals surface area (Å²) < 4.78 is 7.22. The standard InChI is InChI=1S/C19H22N4O2S/c1-11-7-6-8-12(2)16(11)20-18(24)14(4)26-19-22-21-17(23(19)5)15-9-10-25-13(15)3/h6-10,14H,1-5H3,(H,20,24). The van der Waals surface area contributed by atoms with Crippen molar-refractivity contribution in [2.45, 2.75) is 38.1 Å². The Labute approximate surface area is 157 Å². The van der Waals surface area contributed by atoms with Gasteiger partial charge >= 0.3 is 0 Å². The zero-order valence-electron chi connectivity index (χ0n) is 15.5. The van der Waals surface area contributed by atoms with Crippen molar-refractivity contribution in [1.29, 1.82) is 0 Å². The molecule has 1 unspecified atom stereocenters. The molecule has 0 fully saturated rings. The number of hydrogen-bond donors (Lipinski definition) is 1. The topological polar surface area (TPSA) is 73.0 Å². The van der Waals surface area contributed by atoms with E-state index in [4.69, 9.17) is 4.42 Å². The summed E-state index contributed by atoms with van der Waals surface area (Å²) in [7, 11) is 1.89. The van der Waals surface area contributed by atoms with Crippen LogP contribution in [0.15, 0.2) is 40.1 Å². The van der Waals surface area contributed by atoms with Gasteiger partial charge in [0, 0.05) is 12.7 Å². The second-order valence-corrected chi connectivity index (χ2v) is 7.58. The number of nitrogens with zero attached hydrogens (tertiary/aromatic N) is 3. The highest BCUT2D eigenvalue weighted by Crippen LogP contribution is 2.29. The fraction of sp³-hybridized carbons (Fsp3) is 0.316. The number of benzene rings is 1. The number of aryl methyl sites for hydroxylation is 3. The molecule has 0 saturated carbocycles. The molecule has 2 aromatic heterocycles. The number of carbonyl (C=O) groups excluding carboxylic acids is 1. The SMILES string of the molecule is Cc1cccc(C)c1NC(=O)C(C)Sc1nnc(-c2ccoc2C)n1C. The summed E-state index contributed by atoms with van der Waals surface area (Å²) in [4.78, 5) is 12.6. The lowest BCUT2D eigenvalue weighted by Gasteiger charge is -2.15. The van der Waals surface area contributed by atoms with Gasteiger partial charge in [-0.15, -0.1) is 10.2 Å². The lowest BCUT2D eigenvalue weighted by molar-refractivity contribution is -0.115. The Hall–Kier alpha value is -2.54. The maximum atomic E-state index is 12.6. The molecule has 1 amide bonds. The van der Waals surface area contributed by atoms with E-state index in [1.165, 1.54) is 11.8 Å². The van der Waals surface area contributed by atoms with Gasteiger partial charge in [0.1, 0.15) is 5.76 Å². The van der Waals surface area contributed by atoms with Crippen molar-refractivity contribution in [3.63, 3.8) is 0 Å². The van der Waals surface area contributed by atoms with Gasteiger partial charge in [-0.1, -0.05) is 30.0 Å². The number of carbonyl (C=O) groups is 1. The molecule has 2 heterocycles. The van der Waals surface area contributed by atoms with Gasteiger partial charge in [0.05, 0.1) is 17.1 Å². The predicted molar refractivity (Wildman–Crippen MR) is 103 cm³/mol. The average molecular weight is 370 g/mol. The summed E-state index contributed by atoms with van der Waals surface area (Å²) in [6.45, 7) is 7.73. The number of anilines is 1. The zero-order chi connectivity index (χ0) is 18.8. The molecule has 0 radical (unpaired) electrons. The van der Waals surface area contributed by atoms with E-state index in [0.29, 0.717) is 5.16 Å². The Bertz CT molecular complexity index is 925. The first-order valence-electron chi connectivity index (χ1n) is 8.36. The normalized spacial score (nSPS) is 12.2. The highest BCUT2D eigenvalue weighted by Gasteiger charge is 2.21. The molecular weight excluding hydrogens is 348 g/mol. The molecule has 1 N–H and O–H groups in total. The zero-order valence-corrected chi connectivity index (χ0v) is 16.3. The molecule has 0 spiro atoms. The maximum absolute atomic E-state index is 12.6.